The number of rotatable bonds is 5. The first-order chi connectivity index (χ1) is 15.1. The molecule has 7 heteroatoms. The van der Waals surface area contributed by atoms with Crippen LogP contribution in [0.1, 0.15) is 35.4 Å². The third kappa shape index (κ3) is 3.74. The minimum Gasteiger partial charge on any atom is -0.360 e. The largest absolute Gasteiger partial charge is 0.360 e. The first-order valence-corrected chi connectivity index (χ1v) is 10.3. The van der Waals surface area contributed by atoms with E-state index < -0.39 is 0 Å². The van der Waals surface area contributed by atoms with Gasteiger partial charge in [0.15, 0.2) is 0 Å². The van der Waals surface area contributed by atoms with Gasteiger partial charge in [-0.15, -0.1) is 0 Å². The van der Waals surface area contributed by atoms with Crippen LogP contribution in [0.4, 0.5) is 4.39 Å². The van der Waals surface area contributed by atoms with Gasteiger partial charge < -0.3 is 14.8 Å². The van der Waals surface area contributed by atoms with E-state index in [0.29, 0.717) is 34.4 Å². The van der Waals surface area contributed by atoms with Crippen molar-refractivity contribution < 1.29 is 13.7 Å². The molecule has 31 heavy (non-hydrogen) atoms. The molecule has 0 bridgehead atoms. The molecule has 0 unspecified atom stereocenters. The number of H-pyrrole nitrogens is 1. The zero-order valence-corrected chi connectivity index (χ0v) is 17.0. The molecule has 2 heterocycles. The molecule has 0 saturated heterocycles. The Morgan fingerprint density at radius 3 is 2.68 bits per heavy atom. The molecule has 2 aromatic heterocycles. The summed E-state index contributed by atoms with van der Waals surface area (Å²) >= 11 is 0. The van der Waals surface area contributed by atoms with Crippen LogP contribution < -0.4 is 5.32 Å². The molecule has 156 valence electrons. The number of aromatic amines is 1. The Morgan fingerprint density at radius 1 is 1.16 bits per heavy atom. The zero-order chi connectivity index (χ0) is 21.4. The van der Waals surface area contributed by atoms with Crippen molar-refractivity contribution in [3.05, 3.63) is 71.9 Å². The smallest absolute Gasteiger partial charge is 0.251 e. The number of carbonyl (C=O) groups is 1. The highest BCUT2D eigenvalue weighted by atomic mass is 19.1. The highest BCUT2D eigenvalue weighted by molar-refractivity contribution is 5.94. The Bertz CT molecular complexity index is 1240. The lowest BCUT2D eigenvalue weighted by Gasteiger charge is -2.26. The maximum atomic E-state index is 13.7. The summed E-state index contributed by atoms with van der Waals surface area (Å²) in [6, 6.07) is 13.9. The summed E-state index contributed by atoms with van der Waals surface area (Å²) in [5, 5.41) is 7.16. The number of hydrogen-bond donors (Lipinski definition) is 2. The van der Waals surface area contributed by atoms with Crippen LogP contribution in [0.15, 0.2) is 59.3 Å². The number of benzene rings is 2. The monoisotopic (exact) mass is 416 g/mol. The van der Waals surface area contributed by atoms with Crippen LogP contribution in [0.25, 0.3) is 33.9 Å². The fraction of sp³-hybridized carbons (Fsp3) is 0.208. The second kappa shape index (κ2) is 7.83. The summed E-state index contributed by atoms with van der Waals surface area (Å²) in [6.07, 6.45) is 4.99. The minimum atomic E-state index is -0.337. The van der Waals surface area contributed by atoms with E-state index in [1.807, 2.05) is 12.1 Å². The molecule has 0 aliphatic heterocycles. The fourth-order valence-electron chi connectivity index (χ4n) is 3.72. The predicted octanol–water partition coefficient (Wildman–Crippen LogP) is 5.13. The Kier molecular flexibility index (Phi) is 4.86. The molecule has 0 radical (unpaired) electrons. The van der Waals surface area contributed by atoms with Crippen molar-refractivity contribution in [3.8, 4) is 33.9 Å². The maximum Gasteiger partial charge on any atom is 0.251 e. The average molecular weight is 416 g/mol. The summed E-state index contributed by atoms with van der Waals surface area (Å²) in [5.41, 5.74) is 4.12. The molecule has 1 aliphatic rings. The van der Waals surface area contributed by atoms with Gasteiger partial charge in [-0.1, -0.05) is 29.4 Å². The van der Waals surface area contributed by atoms with Crippen molar-refractivity contribution in [3.63, 3.8) is 0 Å². The molecule has 4 aromatic rings. The molecule has 2 aromatic carbocycles. The number of hydrogen-bond acceptors (Lipinski definition) is 4. The van der Waals surface area contributed by atoms with E-state index in [-0.39, 0.29) is 11.7 Å². The number of imidazole rings is 1. The van der Waals surface area contributed by atoms with Crippen LogP contribution in [-0.4, -0.2) is 27.1 Å². The van der Waals surface area contributed by atoms with Gasteiger partial charge in [-0.2, -0.15) is 0 Å². The number of aromatic nitrogens is 3. The van der Waals surface area contributed by atoms with Crippen LogP contribution in [-0.2, 0) is 0 Å². The lowest BCUT2D eigenvalue weighted by Crippen LogP contribution is -2.39. The van der Waals surface area contributed by atoms with Crippen molar-refractivity contribution in [2.75, 3.05) is 0 Å². The zero-order valence-electron chi connectivity index (χ0n) is 17.0. The number of amides is 1. The topological polar surface area (TPSA) is 83.8 Å². The lowest BCUT2D eigenvalue weighted by atomic mass is 9.93. The molecule has 0 atom stereocenters. The average Bonchev–Trinajstić information content (AvgIpc) is 3.37. The van der Waals surface area contributed by atoms with Crippen LogP contribution in [0.2, 0.25) is 0 Å². The van der Waals surface area contributed by atoms with Gasteiger partial charge in [0.2, 0.25) is 0 Å². The Balaban J connectivity index is 1.41. The van der Waals surface area contributed by atoms with E-state index in [1.165, 1.54) is 18.6 Å². The summed E-state index contributed by atoms with van der Waals surface area (Å²) in [6.45, 7) is 1.81. The van der Waals surface area contributed by atoms with Crippen LogP contribution in [0, 0.1) is 12.7 Å². The third-order valence-electron chi connectivity index (χ3n) is 5.67. The van der Waals surface area contributed by atoms with Gasteiger partial charge in [0, 0.05) is 22.7 Å². The first kappa shape index (κ1) is 19.2. The van der Waals surface area contributed by atoms with Crippen LogP contribution >= 0.6 is 0 Å². The van der Waals surface area contributed by atoms with Crippen molar-refractivity contribution in [2.45, 2.75) is 32.2 Å². The van der Waals surface area contributed by atoms with Crippen molar-refractivity contribution in [1.82, 2.24) is 20.4 Å². The summed E-state index contributed by atoms with van der Waals surface area (Å²) < 4.78 is 19.1. The van der Waals surface area contributed by atoms with Crippen LogP contribution in [0.5, 0.6) is 0 Å². The van der Waals surface area contributed by atoms with Gasteiger partial charge in [0.25, 0.3) is 5.91 Å². The molecule has 0 spiro atoms. The van der Waals surface area contributed by atoms with Crippen LogP contribution in [0.3, 0.4) is 0 Å². The summed E-state index contributed by atoms with van der Waals surface area (Å²) in [5.74, 6) is 0.885. The maximum absolute atomic E-state index is 13.7. The summed E-state index contributed by atoms with van der Waals surface area (Å²) in [7, 11) is 0. The molecular weight excluding hydrogens is 395 g/mol. The summed E-state index contributed by atoms with van der Waals surface area (Å²) in [4.78, 5) is 20.1. The number of aryl methyl sites for hydroxylation is 1. The second-order valence-electron chi connectivity index (χ2n) is 7.80. The molecule has 1 amide bonds. The van der Waals surface area contributed by atoms with E-state index in [0.717, 1.165) is 29.7 Å². The molecule has 5 rings (SSSR count). The molecular formula is C24H21FN4O2. The standard InChI is InChI=1S/C24H21FN4O2/c1-14-21(22(29-31-14)17-4-2-5-18(25)12-17)20-13-26-23(28-20)15-8-10-16(11-9-15)24(30)27-19-6-3-7-19/h2,4-5,8-13,19H,3,6-7H2,1H3,(H,26,28)(H,27,30). The molecule has 1 aliphatic carbocycles. The Morgan fingerprint density at radius 2 is 1.97 bits per heavy atom. The Labute approximate surface area is 178 Å². The normalized spacial score (nSPS) is 13.7. The van der Waals surface area contributed by atoms with E-state index >= 15 is 0 Å². The van der Waals surface area contributed by atoms with Gasteiger partial charge in [0.05, 0.1) is 17.5 Å². The molecule has 1 saturated carbocycles. The fourth-order valence-corrected chi connectivity index (χ4v) is 3.72. The van der Waals surface area contributed by atoms with Crippen molar-refractivity contribution in [2.24, 2.45) is 0 Å². The van der Waals surface area contributed by atoms with Gasteiger partial charge in [-0.3, -0.25) is 4.79 Å². The minimum absolute atomic E-state index is 0.0452. The molecule has 2 N–H and O–H groups in total. The van der Waals surface area contributed by atoms with Gasteiger partial charge >= 0.3 is 0 Å². The van der Waals surface area contributed by atoms with Crippen molar-refractivity contribution in [1.29, 1.82) is 0 Å². The highest BCUT2D eigenvalue weighted by Gasteiger charge is 2.21. The third-order valence-corrected chi connectivity index (χ3v) is 5.67. The number of nitrogens with zero attached hydrogens (tertiary/aromatic N) is 2. The quantitative estimate of drug-likeness (QED) is 0.472. The molecule has 1 fully saturated rings. The Hall–Kier alpha value is -3.74. The van der Waals surface area contributed by atoms with Gasteiger partial charge in [-0.25, -0.2) is 9.37 Å². The lowest BCUT2D eigenvalue weighted by molar-refractivity contribution is 0.0917. The molecule has 6 nitrogen and oxygen atoms in total. The first-order valence-electron chi connectivity index (χ1n) is 10.3. The van der Waals surface area contributed by atoms with Gasteiger partial charge in [0.1, 0.15) is 23.1 Å². The van der Waals surface area contributed by atoms with Crippen molar-refractivity contribution >= 4 is 5.91 Å². The van der Waals surface area contributed by atoms with E-state index in [4.69, 9.17) is 4.52 Å². The number of nitrogens with one attached hydrogen (secondary N) is 2. The van der Waals surface area contributed by atoms with E-state index in [9.17, 15) is 9.18 Å². The second-order valence-corrected chi connectivity index (χ2v) is 7.80. The number of carbonyl (C=O) groups excluding carboxylic acids is 1. The SMILES string of the molecule is Cc1onc(-c2cccc(F)c2)c1-c1cnc(-c2ccc(C(=O)NC3CCC3)cc2)[nH]1. The number of halogens is 1. The highest BCUT2D eigenvalue weighted by Crippen LogP contribution is 2.34. The predicted molar refractivity (Wildman–Crippen MR) is 115 cm³/mol. The van der Waals surface area contributed by atoms with E-state index in [2.05, 4.69) is 20.4 Å². The van der Waals surface area contributed by atoms with Gasteiger partial charge in [-0.05, 0) is 50.5 Å². The van der Waals surface area contributed by atoms with E-state index in [1.54, 1.807) is 37.4 Å².